The first kappa shape index (κ1) is 32.1. The van der Waals surface area contributed by atoms with E-state index in [4.69, 9.17) is 17.2 Å². The summed E-state index contributed by atoms with van der Waals surface area (Å²) in [6, 6.07) is -4.67. The van der Waals surface area contributed by atoms with Crippen molar-refractivity contribution in [2.45, 2.75) is 76.5 Å². The summed E-state index contributed by atoms with van der Waals surface area (Å²) in [6.07, 6.45) is 1.42. The number of nitrogens with two attached hydrogens (primary N) is 3. The lowest BCUT2D eigenvalue weighted by Gasteiger charge is -2.25. The Hall–Kier alpha value is -2.87. The van der Waals surface area contributed by atoms with E-state index < -0.39 is 59.7 Å². The summed E-state index contributed by atoms with van der Waals surface area (Å²) < 4.78 is 0. The van der Waals surface area contributed by atoms with E-state index in [0.717, 1.165) is 0 Å². The first-order chi connectivity index (χ1) is 16.3. The molecule has 0 aromatic heterocycles. The molecule has 14 heteroatoms. The van der Waals surface area contributed by atoms with Crippen molar-refractivity contribution < 1.29 is 33.9 Å². The maximum atomic E-state index is 13.0. The van der Waals surface area contributed by atoms with Crippen LogP contribution < -0.4 is 33.2 Å². The zero-order valence-corrected chi connectivity index (χ0v) is 21.2. The van der Waals surface area contributed by atoms with E-state index in [9.17, 15) is 33.9 Å². The molecule has 4 atom stereocenters. The summed E-state index contributed by atoms with van der Waals surface area (Å²) in [5.74, 6) is -4.38. The molecule has 0 aliphatic carbocycles. The predicted octanol–water partition coefficient (Wildman–Crippen LogP) is -1.82. The largest absolute Gasteiger partial charge is 0.480 e. The Morgan fingerprint density at radius 3 is 1.57 bits per heavy atom. The zero-order valence-electron chi connectivity index (χ0n) is 20.4. The Morgan fingerprint density at radius 2 is 1.20 bits per heavy atom. The van der Waals surface area contributed by atoms with E-state index in [2.05, 4.69) is 16.0 Å². The number of carboxylic acids is 1. The molecule has 0 bridgehead atoms. The molecule has 35 heavy (non-hydrogen) atoms. The highest BCUT2D eigenvalue weighted by molar-refractivity contribution is 7.98. The van der Waals surface area contributed by atoms with Gasteiger partial charge in [-0.05, 0) is 43.6 Å². The first-order valence-corrected chi connectivity index (χ1v) is 12.6. The molecule has 5 amide bonds. The Kier molecular flexibility index (Phi) is 15.3. The van der Waals surface area contributed by atoms with Crippen LogP contribution in [0.5, 0.6) is 0 Å². The molecule has 0 fully saturated rings. The molecule has 0 radical (unpaired) electrons. The van der Waals surface area contributed by atoms with Gasteiger partial charge < -0.3 is 38.3 Å². The minimum Gasteiger partial charge on any atom is -0.480 e. The van der Waals surface area contributed by atoms with Crippen LogP contribution in [0.4, 0.5) is 0 Å². The number of thioether (sulfide) groups is 1. The minimum atomic E-state index is -1.32. The van der Waals surface area contributed by atoms with Gasteiger partial charge in [0.15, 0.2) is 0 Å². The van der Waals surface area contributed by atoms with Gasteiger partial charge in [0.25, 0.3) is 0 Å². The second-order valence-electron chi connectivity index (χ2n) is 8.55. The van der Waals surface area contributed by atoms with Crippen LogP contribution in [0.25, 0.3) is 0 Å². The number of hydrogen-bond acceptors (Lipinski definition) is 8. The van der Waals surface area contributed by atoms with Gasteiger partial charge in [-0.3, -0.25) is 24.0 Å². The smallest absolute Gasteiger partial charge is 0.326 e. The van der Waals surface area contributed by atoms with Crippen LogP contribution in [0.2, 0.25) is 0 Å². The Bertz CT molecular complexity index is 764. The Balaban J connectivity index is 5.59. The monoisotopic (exact) mass is 518 g/mol. The molecular formula is C21H38N6O7S. The number of amides is 5. The Morgan fingerprint density at radius 1 is 0.771 bits per heavy atom. The number of carboxylic acid groups (broad SMARTS) is 1. The number of carbonyl (C=O) groups excluding carboxylic acids is 5. The van der Waals surface area contributed by atoms with E-state index in [1.807, 2.05) is 13.8 Å². The van der Waals surface area contributed by atoms with Crippen molar-refractivity contribution in [3.8, 4) is 0 Å². The van der Waals surface area contributed by atoms with E-state index in [1.54, 1.807) is 6.26 Å². The molecule has 0 saturated heterocycles. The molecule has 0 spiro atoms. The molecule has 0 aromatic carbocycles. The maximum absolute atomic E-state index is 13.0. The fourth-order valence-electron chi connectivity index (χ4n) is 3.04. The van der Waals surface area contributed by atoms with Crippen molar-refractivity contribution in [3.63, 3.8) is 0 Å². The second kappa shape index (κ2) is 16.7. The number of carbonyl (C=O) groups is 6. The summed E-state index contributed by atoms with van der Waals surface area (Å²) in [6.45, 7) is 3.74. The number of aliphatic carboxylic acids is 1. The summed E-state index contributed by atoms with van der Waals surface area (Å²) >= 11 is 1.40. The molecule has 0 rings (SSSR count). The van der Waals surface area contributed by atoms with Gasteiger partial charge in [-0.1, -0.05) is 13.8 Å². The SMILES string of the molecule is CSCCC(NC(=O)C(CCC(N)=O)NC(=O)C(CCC(N)=O)NC(=O)C(N)CC(C)C)C(=O)O. The van der Waals surface area contributed by atoms with Crippen molar-refractivity contribution >= 4 is 47.3 Å². The third-order valence-corrected chi connectivity index (χ3v) is 5.56. The van der Waals surface area contributed by atoms with E-state index in [-0.39, 0.29) is 38.0 Å². The molecule has 0 aromatic rings. The molecule has 0 heterocycles. The average Bonchev–Trinajstić information content (AvgIpc) is 2.75. The zero-order chi connectivity index (χ0) is 27.1. The molecule has 0 saturated carbocycles. The number of nitrogens with one attached hydrogen (secondary N) is 3. The highest BCUT2D eigenvalue weighted by atomic mass is 32.2. The number of primary amides is 2. The van der Waals surface area contributed by atoms with Gasteiger partial charge in [0, 0.05) is 12.8 Å². The number of rotatable bonds is 18. The van der Waals surface area contributed by atoms with Crippen molar-refractivity contribution in [2.75, 3.05) is 12.0 Å². The van der Waals surface area contributed by atoms with Gasteiger partial charge in [0.2, 0.25) is 29.5 Å². The topological polar surface area (TPSA) is 237 Å². The third-order valence-electron chi connectivity index (χ3n) is 4.91. The highest BCUT2D eigenvalue weighted by Crippen LogP contribution is 2.07. The minimum absolute atomic E-state index is 0.115. The summed E-state index contributed by atoms with van der Waals surface area (Å²) in [4.78, 5) is 72.2. The third kappa shape index (κ3) is 14.2. The van der Waals surface area contributed by atoms with Crippen LogP contribution in [-0.4, -0.2) is 76.8 Å². The normalized spacial score (nSPS) is 14.3. The lowest BCUT2D eigenvalue weighted by atomic mass is 10.0. The molecular weight excluding hydrogens is 480 g/mol. The van der Waals surface area contributed by atoms with E-state index >= 15 is 0 Å². The standard InChI is InChI=1S/C21H38N6O7S/c1-11(2)10-12(22)18(30)25-13(4-6-16(23)28)19(31)26-14(5-7-17(24)29)20(32)27-15(21(33)34)8-9-35-3/h11-15H,4-10,22H2,1-3H3,(H2,23,28)(H2,24,29)(H,25,30)(H,26,31)(H,27,32)(H,33,34). The molecule has 10 N–H and O–H groups in total. The molecule has 0 aliphatic rings. The van der Waals surface area contributed by atoms with Crippen molar-refractivity contribution in [3.05, 3.63) is 0 Å². The van der Waals surface area contributed by atoms with Crippen molar-refractivity contribution in [1.29, 1.82) is 0 Å². The maximum Gasteiger partial charge on any atom is 0.326 e. The number of hydrogen-bond donors (Lipinski definition) is 7. The quantitative estimate of drug-likeness (QED) is 0.108. The van der Waals surface area contributed by atoms with Gasteiger partial charge in [0.05, 0.1) is 6.04 Å². The van der Waals surface area contributed by atoms with Crippen molar-refractivity contribution in [1.82, 2.24) is 16.0 Å². The van der Waals surface area contributed by atoms with E-state index in [0.29, 0.717) is 12.2 Å². The summed E-state index contributed by atoms with van der Waals surface area (Å²) in [7, 11) is 0. The van der Waals surface area contributed by atoms with Crippen LogP contribution in [0.3, 0.4) is 0 Å². The van der Waals surface area contributed by atoms with Gasteiger partial charge >= 0.3 is 5.97 Å². The second-order valence-corrected chi connectivity index (χ2v) is 9.53. The van der Waals surface area contributed by atoms with Crippen LogP contribution in [0.15, 0.2) is 0 Å². The average molecular weight is 519 g/mol. The lowest BCUT2D eigenvalue weighted by Crippen LogP contribution is -2.57. The fourth-order valence-corrected chi connectivity index (χ4v) is 3.51. The lowest BCUT2D eigenvalue weighted by molar-refractivity contribution is -0.142. The van der Waals surface area contributed by atoms with Crippen LogP contribution in [-0.2, 0) is 28.8 Å². The first-order valence-electron chi connectivity index (χ1n) is 11.2. The van der Waals surface area contributed by atoms with Crippen LogP contribution >= 0.6 is 11.8 Å². The van der Waals surface area contributed by atoms with Gasteiger partial charge in [-0.2, -0.15) is 11.8 Å². The fraction of sp³-hybridized carbons (Fsp3) is 0.714. The summed E-state index contributed by atoms with van der Waals surface area (Å²) in [5, 5.41) is 16.6. The van der Waals surface area contributed by atoms with Gasteiger partial charge in [-0.25, -0.2) is 4.79 Å². The van der Waals surface area contributed by atoms with Crippen LogP contribution in [0, 0.1) is 5.92 Å². The molecule has 4 unspecified atom stereocenters. The highest BCUT2D eigenvalue weighted by Gasteiger charge is 2.30. The molecule has 13 nitrogen and oxygen atoms in total. The van der Waals surface area contributed by atoms with Crippen molar-refractivity contribution in [2.24, 2.45) is 23.1 Å². The predicted molar refractivity (Wildman–Crippen MR) is 131 cm³/mol. The van der Waals surface area contributed by atoms with E-state index in [1.165, 1.54) is 11.8 Å². The molecule has 200 valence electrons. The Labute approximate surface area is 209 Å². The summed E-state index contributed by atoms with van der Waals surface area (Å²) in [5.41, 5.74) is 16.2. The van der Waals surface area contributed by atoms with Gasteiger partial charge in [0.1, 0.15) is 18.1 Å². The molecule has 0 aliphatic heterocycles. The van der Waals surface area contributed by atoms with Crippen LogP contribution in [0.1, 0.15) is 52.4 Å². The van der Waals surface area contributed by atoms with Gasteiger partial charge in [-0.15, -0.1) is 0 Å².